The first kappa shape index (κ1) is 16.2. The highest BCUT2D eigenvalue weighted by atomic mass is 16.5. The van der Waals surface area contributed by atoms with Crippen molar-refractivity contribution in [3.05, 3.63) is 12.2 Å². The maximum atomic E-state index is 11.6. The number of amides is 3. The highest BCUT2D eigenvalue weighted by Gasteiger charge is 2.22. The summed E-state index contributed by atoms with van der Waals surface area (Å²) in [6.45, 7) is 5.01. The molecular formula is C14H22N2O4. The van der Waals surface area contributed by atoms with E-state index in [1.165, 1.54) is 6.92 Å². The van der Waals surface area contributed by atoms with Crippen molar-refractivity contribution in [2.45, 2.75) is 52.2 Å². The SMILES string of the molecule is CC(C)NC(=O)NC(=O)[C@@H](C)OC(=O)C[C@@H]1C=CCC1. The second kappa shape index (κ2) is 7.67. The first-order valence-corrected chi connectivity index (χ1v) is 6.86. The van der Waals surface area contributed by atoms with Crippen molar-refractivity contribution in [1.82, 2.24) is 10.6 Å². The molecule has 20 heavy (non-hydrogen) atoms. The van der Waals surface area contributed by atoms with Crippen LogP contribution in [-0.2, 0) is 14.3 Å². The van der Waals surface area contributed by atoms with Crippen LogP contribution in [0.15, 0.2) is 12.2 Å². The van der Waals surface area contributed by atoms with Gasteiger partial charge in [0.2, 0.25) is 0 Å². The molecule has 0 unspecified atom stereocenters. The summed E-state index contributed by atoms with van der Waals surface area (Å²) in [5.74, 6) is -0.853. The Morgan fingerprint density at radius 1 is 1.30 bits per heavy atom. The van der Waals surface area contributed by atoms with Gasteiger partial charge in [-0.1, -0.05) is 12.2 Å². The van der Waals surface area contributed by atoms with E-state index < -0.39 is 24.0 Å². The third-order valence-electron chi connectivity index (χ3n) is 2.88. The number of ether oxygens (including phenoxy) is 1. The second-order valence-electron chi connectivity index (χ2n) is 5.22. The molecule has 1 rings (SSSR count). The van der Waals surface area contributed by atoms with Crippen molar-refractivity contribution in [2.75, 3.05) is 0 Å². The number of nitrogens with one attached hydrogen (secondary N) is 2. The van der Waals surface area contributed by atoms with Gasteiger partial charge in [0.25, 0.3) is 5.91 Å². The molecule has 3 amide bonds. The first-order valence-electron chi connectivity index (χ1n) is 6.86. The molecule has 2 atom stereocenters. The summed E-state index contributed by atoms with van der Waals surface area (Å²) in [4.78, 5) is 34.6. The van der Waals surface area contributed by atoms with Gasteiger partial charge < -0.3 is 10.1 Å². The van der Waals surface area contributed by atoms with Crippen LogP contribution in [0.4, 0.5) is 4.79 Å². The summed E-state index contributed by atoms with van der Waals surface area (Å²) >= 11 is 0. The molecule has 0 aromatic heterocycles. The Bertz CT molecular complexity index is 404. The minimum absolute atomic E-state index is 0.0742. The van der Waals surface area contributed by atoms with Gasteiger partial charge in [-0.15, -0.1) is 0 Å². The highest BCUT2D eigenvalue weighted by Crippen LogP contribution is 2.20. The quantitative estimate of drug-likeness (QED) is 0.591. The lowest BCUT2D eigenvalue weighted by atomic mass is 10.1. The van der Waals surface area contributed by atoms with Gasteiger partial charge >= 0.3 is 12.0 Å². The van der Waals surface area contributed by atoms with Crippen LogP contribution < -0.4 is 10.6 Å². The van der Waals surface area contributed by atoms with E-state index in [2.05, 4.69) is 10.6 Å². The van der Waals surface area contributed by atoms with Crippen molar-refractivity contribution < 1.29 is 19.1 Å². The summed E-state index contributed by atoms with van der Waals surface area (Å²) in [5, 5.41) is 4.65. The van der Waals surface area contributed by atoms with Gasteiger partial charge in [0.05, 0.1) is 6.42 Å². The molecule has 6 heteroatoms. The van der Waals surface area contributed by atoms with Crippen LogP contribution in [0.2, 0.25) is 0 Å². The lowest BCUT2D eigenvalue weighted by Crippen LogP contribution is -2.46. The molecule has 0 saturated heterocycles. The molecule has 112 valence electrons. The summed E-state index contributed by atoms with van der Waals surface area (Å²) < 4.78 is 5.02. The molecule has 1 aliphatic rings. The van der Waals surface area contributed by atoms with Crippen molar-refractivity contribution in [3.8, 4) is 0 Å². The van der Waals surface area contributed by atoms with Crippen molar-refractivity contribution >= 4 is 17.9 Å². The number of allylic oxidation sites excluding steroid dienone is 2. The Morgan fingerprint density at radius 2 is 2.00 bits per heavy atom. The molecule has 0 aromatic carbocycles. The average Bonchev–Trinajstić information content (AvgIpc) is 2.79. The zero-order valence-electron chi connectivity index (χ0n) is 12.1. The summed E-state index contributed by atoms with van der Waals surface area (Å²) in [7, 11) is 0. The minimum Gasteiger partial charge on any atom is -0.453 e. The molecule has 2 N–H and O–H groups in total. The van der Waals surface area contributed by atoms with E-state index >= 15 is 0 Å². The van der Waals surface area contributed by atoms with Gasteiger partial charge in [0.15, 0.2) is 6.10 Å². The van der Waals surface area contributed by atoms with E-state index in [-0.39, 0.29) is 18.4 Å². The molecule has 0 saturated carbocycles. The fourth-order valence-electron chi connectivity index (χ4n) is 1.89. The molecule has 0 spiro atoms. The average molecular weight is 282 g/mol. The van der Waals surface area contributed by atoms with Gasteiger partial charge in [0.1, 0.15) is 0 Å². The van der Waals surface area contributed by atoms with Crippen molar-refractivity contribution in [1.29, 1.82) is 0 Å². The summed E-state index contributed by atoms with van der Waals surface area (Å²) in [6, 6.07) is -0.665. The second-order valence-corrected chi connectivity index (χ2v) is 5.22. The third-order valence-corrected chi connectivity index (χ3v) is 2.88. The molecule has 1 aliphatic carbocycles. The minimum atomic E-state index is -0.981. The molecule has 0 fully saturated rings. The molecule has 0 aliphatic heterocycles. The zero-order valence-corrected chi connectivity index (χ0v) is 12.1. The van der Waals surface area contributed by atoms with E-state index in [0.29, 0.717) is 0 Å². The zero-order chi connectivity index (χ0) is 15.1. The smallest absolute Gasteiger partial charge is 0.321 e. The van der Waals surface area contributed by atoms with Gasteiger partial charge in [-0.3, -0.25) is 14.9 Å². The Balaban J connectivity index is 2.31. The maximum Gasteiger partial charge on any atom is 0.321 e. The number of carbonyl (C=O) groups is 3. The summed E-state index contributed by atoms with van der Waals surface area (Å²) in [5.41, 5.74) is 0. The molecule has 0 aromatic rings. The number of carbonyl (C=O) groups excluding carboxylic acids is 3. The molecule has 0 bridgehead atoms. The van der Waals surface area contributed by atoms with Gasteiger partial charge in [-0.2, -0.15) is 0 Å². The first-order chi connectivity index (χ1) is 9.38. The van der Waals surface area contributed by atoms with E-state index in [9.17, 15) is 14.4 Å². The number of esters is 1. The number of rotatable bonds is 5. The van der Waals surface area contributed by atoms with Gasteiger partial charge in [-0.05, 0) is 39.5 Å². The number of hydrogen-bond donors (Lipinski definition) is 2. The van der Waals surface area contributed by atoms with E-state index in [1.54, 1.807) is 13.8 Å². The van der Waals surface area contributed by atoms with Gasteiger partial charge in [-0.25, -0.2) is 4.79 Å². The van der Waals surface area contributed by atoms with Crippen LogP contribution in [-0.4, -0.2) is 30.1 Å². The topological polar surface area (TPSA) is 84.5 Å². The summed E-state index contributed by atoms with van der Waals surface area (Å²) in [6.07, 6.45) is 5.22. The number of urea groups is 1. The Kier molecular flexibility index (Phi) is 6.21. The maximum absolute atomic E-state index is 11.6. The van der Waals surface area contributed by atoms with Crippen LogP contribution in [0.25, 0.3) is 0 Å². The van der Waals surface area contributed by atoms with Gasteiger partial charge in [0, 0.05) is 6.04 Å². The number of hydrogen-bond acceptors (Lipinski definition) is 4. The predicted molar refractivity (Wildman–Crippen MR) is 73.8 cm³/mol. The molecule has 0 radical (unpaired) electrons. The monoisotopic (exact) mass is 282 g/mol. The van der Waals surface area contributed by atoms with E-state index in [0.717, 1.165) is 12.8 Å². The van der Waals surface area contributed by atoms with Crippen molar-refractivity contribution in [3.63, 3.8) is 0 Å². The number of imide groups is 1. The van der Waals surface area contributed by atoms with Crippen LogP contribution in [0.3, 0.4) is 0 Å². The Hall–Kier alpha value is -1.85. The highest BCUT2D eigenvalue weighted by molar-refractivity contribution is 5.97. The Morgan fingerprint density at radius 3 is 2.55 bits per heavy atom. The van der Waals surface area contributed by atoms with Crippen LogP contribution in [0, 0.1) is 5.92 Å². The fraction of sp³-hybridized carbons (Fsp3) is 0.643. The normalized spacial score (nSPS) is 18.7. The molecular weight excluding hydrogens is 260 g/mol. The lowest BCUT2D eigenvalue weighted by molar-refractivity contribution is -0.155. The van der Waals surface area contributed by atoms with E-state index in [1.807, 2.05) is 12.2 Å². The van der Waals surface area contributed by atoms with Crippen LogP contribution >= 0.6 is 0 Å². The predicted octanol–water partition coefficient (Wildman–Crippen LogP) is 1.51. The molecule has 6 nitrogen and oxygen atoms in total. The molecule has 0 heterocycles. The van der Waals surface area contributed by atoms with Crippen LogP contribution in [0.5, 0.6) is 0 Å². The largest absolute Gasteiger partial charge is 0.453 e. The fourth-order valence-corrected chi connectivity index (χ4v) is 1.89. The van der Waals surface area contributed by atoms with Crippen molar-refractivity contribution in [2.24, 2.45) is 5.92 Å². The third kappa shape index (κ3) is 5.86. The lowest BCUT2D eigenvalue weighted by Gasteiger charge is -2.15. The van der Waals surface area contributed by atoms with Crippen LogP contribution in [0.1, 0.15) is 40.0 Å². The Labute approximate surface area is 118 Å². The van der Waals surface area contributed by atoms with E-state index in [4.69, 9.17) is 4.74 Å². The standard InChI is InChI=1S/C14H22N2O4/c1-9(2)15-14(19)16-13(18)10(3)20-12(17)8-11-6-4-5-7-11/h4,6,9-11H,5,7-8H2,1-3H3,(H2,15,16,18,19)/t10-,11-/m1/s1.